The van der Waals surface area contributed by atoms with E-state index in [1.165, 1.54) is 11.9 Å². The molecule has 0 radical (unpaired) electrons. The number of amides is 2. The molecule has 1 fully saturated rings. The maximum Gasteiger partial charge on any atom is 0.246 e. The highest BCUT2D eigenvalue weighted by Crippen LogP contribution is 2.12. The number of rotatable bonds is 4. The largest absolute Gasteiger partial charge is 0.409 e. The van der Waals surface area contributed by atoms with Crippen molar-refractivity contribution in [2.24, 2.45) is 10.9 Å². The Hall–Kier alpha value is -2.41. The third-order valence-corrected chi connectivity index (χ3v) is 3.56. The molecule has 112 valence electrons. The number of benzene rings is 1. The minimum Gasteiger partial charge on any atom is -0.409 e. The highest BCUT2D eigenvalue weighted by Gasteiger charge is 2.31. The van der Waals surface area contributed by atoms with Gasteiger partial charge in [-0.2, -0.15) is 0 Å². The van der Waals surface area contributed by atoms with Gasteiger partial charge in [-0.1, -0.05) is 29.4 Å². The first-order chi connectivity index (χ1) is 10.0. The summed E-state index contributed by atoms with van der Waals surface area (Å²) in [6, 6.07) is 6.82. The summed E-state index contributed by atoms with van der Waals surface area (Å²) in [6.45, 7) is 0.509. The van der Waals surface area contributed by atoms with E-state index in [2.05, 4.69) is 10.5 Å². The average Bonchev–Trinajstić information content (AvgIpc) is 2.52. The summed E-state index contributed by atoms with van der Waals surface area (Å²) >= 11 is 0. The van der Waals surface area contributed by atoms with Crippen LogP contribution >= 0.6 is 0 Å². The van der Waals surface area contributed by atoms with Crippen LogP contribution in [0.15, 0.2) is 29.4 Å². The summed E-state index contributed by atoms with van der Waals surface area (Å²) in [6.07, 6.45) is 0.895. The van der Waals surface area contributed by atoms with E-state index < -0.39 is 0 Å². The lowest BCUT2D eigenvalue weighted by atomic mass is 10.0. The number of nitrogens with one attached hydrogen (secondary N) is 1. The molecule has 0 saturated carbocycles. The molecule has 1 saturated heterocycles. The van der Waals surface area contributed by atoms with Crippen LogP contribution in [0.25, 0.3) is 0 Å². The number of likely N-dealkylation sites (tertiary alicyclic amines) is 1. The third kappa shape index (κ3) is 3.38. The molecule has 1 aromatic rings. The van der Waals surface area contributed by atoms with Crippen molar-refractivity contribution in [2.75, 3.05) is 7.05 Å². The topological polar surface area (TPSA) is 108 Å². The van der Waals surface area contributed by atoms with Gasteiger partial charge in [0.2, 0.25) is 11.8 Å². The number of carbonyl (C=O) groups excluding carboxylic acids is 2. The third-order valence-electron chi connectivity index (χ3n) is 3.56. The van der Waals surface area contributed by atoms with Gasteiger partial charge in [0.1, 0.15) is 0 Å². The van der Waals surface area contributed by atoms with Crippen LogP contribution in [0.2, 0.25) is 0 Å². The first-order valence-corrected chi connectivity index (χ1v) is 6.63. The molecule has 7 nitrogen and oxygen atoms in total. The van der Waals surface area contributed by atoms with Gasteiger partial charge in [-0.25, -0.2) is 0 Å². The van der Waals surface area contributed by atoms with Crippen LogP contribution in [-0.2, 0) is 16.1 Å². The number of carbonyl (C=O) groups is 2. The fourth-order valence-corrected chi connectivity index (χ4v) is 2.20. The smallest absolute Gasteiger partial charge is 0.246 e. The number of imide groups is 1. The Morgan fingerprint density at radius 1 is 1.43 bits per heavy atom. The molecule has 0 spiro atoms. The SMILES string of the molecule is CN1C(=O)CCC(NCc2ccc(C(N)=NO)cc2)C1=O. The molecule has 0 bridgehead atoms. The Labute approximate surface area is 122 Å². The summed E-state index contributed by atoms with van der Waals surface area (Å²) in [5.74, 6) is -0.280. The molecular weight excluding hydrogens is 272 g/mol. The van der Waals surface area contributed by atoms with Gasteiger partial charge in [0.25, 0.3) is 0 Å². The van der Waals surface area contributed by atoms with Gasteiger partial charge < -0.3 is 16.3 Å². The molecule has 0 aliphatic carbocycles. The van der Waals surface area contributed by atoms with E-state index in [0.29, 0.717) is 24.9 Å². The van der Waals surface area contributed by atoms with Crippen LogP contribution in [0, 0.1) is 0 Å². The fourth-order valence-electron chi connectivity index (χ4n) is 2.20. The van der Waals surface area contributed by atoms with Crippen LogP contribution in [0.3, 0.4) is 0 Å². The lowest BCUT2D eigenvalue weighted by Gasteiger charge is -2.28. The van der Waals surface area contributed by atoms with Crippen LogP contribution in [0.5, 0.6) is 0 Å². The molecular formula is C14H18N4O3. The molecule has 1 aliphatic heterocycles. The number of nitrogens with zero attached hydrogens (tertiary/aromatic N) is 2. The highest BCUT2D eigenvalue weighted by atomic mass is 16.4. The minimum absolute atomic E-state index is 0.0529. The summed E-state index contributed by atoms with van der Waals surface area (Å²) in [7, 11) is 1.50. The van der Waals surface area contributed by atoms with E-state index in [4.69, 9.17) is 10.9 Å². The Morgan fingerprint density at radius 2 is 2.10 bits per heavy atom. The Kier molecular flexibility index (Phi) is 4.54. The van der Waals surface area contributed by atoms with E-state index in [1.54, 1.807) is 12.1 Å². The number of piperidine rings is 1. The molecule has 1 heterocycles. The van der Waals surface area contributed by atoms with Crippen molar-refractivity contribution in [1.82, 2.24) is 10.2 Å². The first kappa shape index (κ1) is 15.0. The molecule has 1 unspecified atom stereocenters. The van der Waals surface area contributed by atoms with Crippen LogP contribution in [-0.4, -0.2) is 40.8 Å². The predicted molar refractivity (Wildman–Crippen MR) is 76.6 cm³/mol. The van der Waals surface area contributed by atoms with E-state index >= 15 is 0 Å². The molecule has 7 heteroatoms. The zero-order valence-corrected chi connectivity index (χ0v) is 11.7. The van der Waals surface area contributed by atoms with Crippen molar-refractivity contribution in [3.8, 4) is 0 Å². The lowest BCUT2D eigenvalue weighted by molar-refractivity contribution is -0.148. The zero-order valence-electron chi connectivity index (χ0n) is 11.7. The normalized spacial score (nSPS) is 20.0. The lowest BCUT2D eigenvalue weighted by Crippen LogP contribution is -2.51. The van der Waals surface area contributed by atoms with Crippen molar-refractivity contribution in [3.05, 3.63) is 35.4 Å². The van der Waals surface area contributed by atoms with Crippen molar-refractivity contribution < 1.29 is 14.8 Å². The van der Waals surface area contributed by atoms with Crippen LogP contribution in [0.1, 0.15) is 24.0 Å². The highest BCUT2D eigenvalue weighted by molar-refractivity contribution is 6.00. The molecule has 1 aromatic carbocycles. The molecule has 21 heavy (non-hydrogen) atoms. The first-order valence-electron chi connectivity index (χ1n) is 6.63. The van der Waals surface area contributed by atoms with E-state index in [9.17, 15) is 9.59 Å². The number of nitrogens with two attached hydrogens (primary N) is 1. The Balaban J connectivity index is 1.94. The Bertz CT molecular complexity index is 568. The van der Waals surface area contributed by atoms with Gasteiger partial charge in [0.15, 0.2) is 5.84 Å². The molecule has 1 atom stereocenters. The molecule has 2 rings (SSSR count). The van der Waals surface area contributed by atoms with E-state index in [1.807, 2.05) is 12.1 Å². The standard InChI is InChI=1S/C14H18N4O3/c1-18-12(19)7-6-11(14(18)20)16-8-9-2-4-10(5-3-9)13(15)17-21/h2-5,11,16,21H,6-8H2,1H3,(H2,15,17). The summed E-state index contributed by atoms with van der Waals surface area (Å²) in [5, 5.41) is 14.7. The molecule has 2 amide bonds. The molecule has 4 N–H and O–H groups in total. The van der Waals surface area contributed by atoms with Gasteiger partial charge in [-0.15, -0.1) is 0 Å². The van der Waals surface area contributed by atoms with Gasteiger partial charge >= 0.3 is 0 Å². The second-order valence-electron chi connectivity index (χ2n) is 4.95. The number of hydrogen-bond donors (Lipinski definition) is 3. The van der Waals surface area contributed by atoms with Crippen LogP contribution in [0.4, 0.5) is 0 Å². The van der Waals surface area contributed by atoms with Crippen molar-refractivity contribution in [2.45, 2.75) is 25.4 Å². The zero-order chi connectivity index (χ0) is 15.4. The fraction of sp³-hybridized carbons (Fsp3) is 0.357. The number of hydrogen-bond acceptors (Lipinski definition) is 5. The summed E-state index contributed by atoms with van der Waals surface area (Å²) < 4.78 is 0. The average molecular weight is 290 g/mol. The number of amidine groups is 1. The molecule has 0 aromatic heterocycles. The van der Waals surface area contributed by atoms with Crippen molar-refractivity contribution in [3.63, 3.8) is 0 Å². The minimum atomic E-state index is -0.337. The van der Waals surface area contributed by atoms with Crippen molar-refractivity contribution in [1.29, 1.82) is 0 Å². The van der Waals surface area contributed by atoms with Gasteiger partial charge in [-0.05, 0) is 12.0 Å². The maximum absolute atomic E-state index is 11.9. The van der Waals surface area contributed by atoms with Gasteiger partial charge in [0, 0.05) is 25.6 Å². The second-order valence-corrected chi connectivity index (χ2v) is 4.95. The maximum atomic E-state index is 11.9. The van der Waals surface area contributed by atoms with Gasteiger partial charge in [0.05, 0.1) is 6.04 Å². The van der Waals surface area contributed by atoms with E-state index in [0.717, 1.165) is 5.56 Å². The van der Waals surface area contributed by atoms with Crippen LogP contribution < -0.4 is 11.1 Å². The monoisotopic (exact) mass is 290 g/mol. The molecule has 1 aliphatic rings. The van der Waals surface area contributed by atoms with E-state index in [-0.39, 0.29) is 23.7 Å². The van der Waals surface area contributed by atoms with Gasteiger partial charge in [-0.3, -0.25) is 14.5 Å². The number of likely N-dealkylation sites (N-methyl/N-ethyl adjacent to an activating group) is 1. The quantitative estimate of drug-likeness (QED) is 0.238. The number of oxime groups is 1. The summed E-state index contributed by atoms with van der Waals surface area (Å²) in [5.41, 5.74) is 7.08. The summed E-state index contributed by atoms with van der Waals surface area (Å²) in [4.78, 5) is 24.5. The predicted octanol–water partition coefficient (Wildman–Crippen LogP) is 0.0181. The second kappa shape index (κ2) is 6.36. The Morgan fingerprint density at radius 3 is 2.71 bits per heavy atom. The van der Waals surface area contributed by atoms with Crippen molar-refractivity contribution >= 4 is 17.6 Å².